The van der Waals surface area contributed by atoms with Gasteiger partial charge in [-0.3, -0.25) is 4.68 Å². The number of nitrogens with one attached hydrogen (secondary N) is 1. The van der Waals surface area contributed by atoms with E-state index < -0.39 is 0 Å². The second-order valence-corrected chi connectivity index (χ2v) is 11.9. The molecule has 1 aliphatic heterocycles. The van der Waals surface area contributed by atoms with Crippen molar-refractivity contribution in [2.24, 2.45) is 5.92 Å². The predicted octanol–water partition coefficient (Wildman–Crippen LogP) is 6.49. The molecule has 8 nitrogen and oxygen atoms in total. The van der Waals surface area contributed by atoms with Gasteiger partial charge in [0.15, 0.2) is 0 Å². The van der Waals surface area contributed by atoms with Crippen molar-refractivity contribution in [2.45, 2.75) is 91.4 Å². The van der Waals surface area contributed by atoms with Gasteiger partial charge in [-0.1, -0.05) is 45.8 Å². The molecule has 4 heterocycles. The quantitative estimate of drug-likeness (QED) is 0.181. The number of aromatic nitrogens is 5. The molecule has 0 bridgehead atoms. The van der Waals surface area contributed by atoms with E-state index in [2.05, 4.69) is 96.3 Å². The number of imidazole rings is 1. The van der Waals surface area contributed by atoms with Crippen molar-refractivity contribution in [1.29, 1.82) is 0 Å². The molecular formula is C34H47N7O. The summed E-state index contributed by atoms with van der Waals surface area (Å²) < 4.78 is 4.34. The molecule has 0 saturated carbocycles. The highest BCUT2D eigenvalue weighted by Crippen LogP contribution is 2.32. The van der Waals surface area contributed by atoms with Gasteiger partial charge in [0.2, 0.25) is 0 Å². The Kier molecular flexibility index (Phi) is 9.62. The fraction of sp³-hybridized carbons (Fsp3) is 0.500. The minimum atomic E-state index is 0.0579. The highest BCUT2D eigenvalue weighted by Gasteiger charge is 2.28. The predicted molar refractivity (Wildman–Crippen MR) is 172 cm³/mol. The molecule has 1 aromatic carbocycles. The number of benzene rings is 1. The Hall–Kier alpha value is -3.65. The van der Waals surface area contributed by atoms with Gasteiger partial charge < -0.3 is 19.9 Å². The Bertz CT molecular complexity index is 1460. The molecule has 3 atom stereocenters. The number of rotatable bonds is 14. The molecule has 0 aliphatic carbocycles. The summed E-state index contributed by atoms with van der Waals surface area (Å²) in [5.74, 6) is 2.66. The molecular weight excluding hydrogens is 522 g/mol. The van der Waals surface area contributed by atoms with Crippen molar-refractivity contribution in [1.82, 2.24) is 29.6 Å². The largest absolute Gasteiger partial charge is 0.395 e. The molecule has 3 aromatic heterocycles. The van der Waals surface area contributed by atoms with Gasteiger partial charge in [0, 0.05) is 48.8 Å². The van der Waals surface area contributed by atoms with E-state index in [0.29, 0.717) is 25.2 Å². The van der Waals surface area contributed by atoms with Gasteiger partial charge >= 0.3 is 0 Å². The second-order valence-electron chi connectivity index (χ2n) is 11.9. The van der Waals surface area contributed by atoms with Crippen LogP contribution in [0, 0.1) is 5.92 Å². The molecule has 42 heavy (non-hydrogen) atoms. The number of nitrogens with zero attached hydrogens (tertiary/aromatic N) is 6. The van der Waals surface area contributed by atoms with Crippen LogP contribution < -0.4 is 10.2 Å². The molecule has 224 valence electrons. The average molecular weight is 570 g/mol. The van der Waals surface area contributed by atoms with E-state index in [1.807, 2.05) is 6.20 Å². The summed E-state index contributed by atoms with van der Waals surface area (Å²) in [6.45, 7) is 15.4. The monoisotopic (exact) mass is 569 g/mol. The summed E-state index contributed by atoms with van der Waals surface area (Å²) in [7, 11) is 0. The Labute approximate surface area is 250 Å². The number of hydrogen-bond acceptors (Lipinski definition) is 6. The zero-order valence-corrected chi connectivity index (χ0v) is 25.8. The van der Waals surface area contributed by atoms with Crippen molar-refractivity contribution < 1.29 is 5.11 Å². The van der Waals surface area contributed by atoms with Gasteiger partial charge in [-0.15, -0.1) is 0 Å². The van der Waals surface area contributed by atoms with Crippen LogP contribution in [0.2, 0.25) is 0 Å². The smallest absolute Gasteiger partial charge is 0.143 e. The van der Waals surface area contributed by atoms with E-state index in [0.717, 1.165) is 64.1 Å². The molecule has 4 aromatic rings. The third kappa shape index (κ3) is 6.54. The van der Waals surface area contributed by atoms with Gasteiger partial charge in [-0.25, -0.2) is 9.97 Å². The third-order valence-corrected chi connectivity index (χ3v) is 8.83. The summed E-state index contributed by atoms with van der Waals surface area (Å²) >= 11 is 0. The van der Waals surface area contributed by atoms with Gasteiger partial charge in [-0.2, -0.15) is 5.10 Å². The molecule has 5 rings (SSSR count). The summed E-state index contributed by atoms with van der Waals surface area (Å²) in [5.41, 5.74) is 5.66. The Morgan fingerprint density at radius 3 is 2.60 bits per heavy atom. The van der Waals surface area contributed by atoms with Crippen molar-refractivity contribution >= 4 is 22.5 Å². The third-order valence-electron chi connectivity index (χ3n) is 8.83. The lowest BCUT2D eigenvalue weighted by molar-refractivity contribution is 0.299. The van der Waals surface area contributed by atoms with E-state index in [-0.39, 0.29) is 6.61 Å². The molecule has 8 heteroatoms. The van der Waals surface area contributed by atoms with Gasteiger partial charge in [0.1, 0.15) is 11.6 Å². The highest BCUT2D eigenvalue weighted by atomic mass is 16.3. The summed E-state index contributed by atoms with van der Waals surface area (Å²) in [6, 6.07) is 13.6. The molecule has 0 amide bonds. The fourth-order valence-corrected chi connectivity index (χ4v) is 6.37. The number of anilines is 1. The van der Waals surface area contributed by atoms with Crippen molar-refractivity contribution in [3.05, 3.63) is 66.6 Å². The minimum Gasteiger partial charge on any atom is -0.395 e. The van der Waals surface area contributed by atoms with Crippen LogP contribution in [0.3, 0.4) is 0 Å². The second kappa shape index (κ2) is 13.6. The van der Waals surface area contributed by atoms with Crippen LogP contribution in [0.15, 0.2) is 55.4 Å². The number of pyridine rings is 1. The van der Waals surface area contributed by atoms with Crippen molar-refractivity contribution in [2.75, 3.05) is 18.1 Å². The Balaban J connectivity index is 1.45. The zero-order valence-electron chi connectivity index (χ0n) is 25.8. The van der Waals surface area contributed by atoms with E-state index in [9.17, 15) is 5.11 Å². The van der Waals surface area contributed by atoms with Crippen LogP contribution in [0.25, 0.3) is 28.1 Å². The number of fused-ring (bicyclic) bond motifs is 1. The lowest BCUT2D eigenvalue weighted by Gasteiger charge is -2.27. The van der Waals surface area contributed by atoms with Crippen molar-refractivity contribution in [3.63, 3.8) is 0 Å². The molecule has 0 unspecified atom stereocenters. The maximum atomic E-state index is 9.22. The number of hydrogen-bond donors (Lipinski definition) is 2. The topological polar surface area (TPSA) is 84.0 Å². The van der Waals surface area contributed by atoms with Gasteiger partial charge in [0.05, 0.1) is 29.9 Å². The summed E-state index contributed by atoms with van der Waals surface area (Å²) in [4.78, 5) is 12.5. The SMILES string of the molecule is C=C(NCCO)c1ccc2c(c1)nc(-c1ccc(N3[C@@H](C)CC[C@@H]3C)nc1)n2Cc1ccn(CC[C@@H](CC)CCC)n1. The Morgan fingerprint density at radius 1 is 1.10 bits per heavy atom. The van der Waals surface area contributed by atoms with Crippen LogP contribution in [0.1, 0.15) is 77.5 Å². The number of aryl methyl sites for hydroxylation is 1. The normalized spacial score (nSPS) is 17.7. The molecule has 0 spiro atoms. The first kappa shape index (κ1) is 29.8. The van der Waals surface area contributed by atoms with Crippen LogP contribution in [0.4, 0.5) is 5.82 Å². The zero-order chi connectivity index (χ0) is 29.6. The fourth-order valence-electron chi connectivity index (χ4n) is 6.37. The maximum absolute atomic E-state index is 9.22. The van der Waals surface area contributed by atoms with E-state index >= 15 is 0 Å². The number of aliphatic hydroxyl groups is 1. The maximum Gasteiger partial charge on any atom is 0.143 e. The van der Waals surface area contributed by atoms with E-state index in [1.165, 1.54) is 32.1 Å². The van der Waals surface area contributed by atoms with Crippen LogP contribution in [-0.2, 0) is 13.1 Å². The first-order chi connectivity index (χ1) is 20.4. The van der Waals surface area contributed by atoms with E-state index in [1.54, 1.807) is 0 Å². The molecule has 1 aliphatic rings. The van der Waals surface area contributed by atoms with Crippen LogP contribution in [-0.4, -0.2) is 54.7 Å². The minimum absolute atomic E-state index is 0.0579. The van der Waals surface area contributed by atoms with Crippen LogP contribution >= 0.6 is 0 Å². The number of aliphatic hydroxyl groups excluding tert-OH is 1. The molecule has 1 fully saturated rings. The first-order valence-electron chi connectivity index (χ1n) is 15.7. The standard InChI is InChI=1S/C34H47N7O/c1-6-8-27(7-2)15-18-39-19-16-30(38-39)23-40-32-13-11-28(26(5)35-17-20-42)21-31(32)37-34(40)29-12-14-33(36-22-29)41-24(3)9-10-25(41)4/h11-14,16,19,21-22,24-25,27,35,42H,5-10,15,17-18,20,23H2,1-4H3/t24-,25-,27-/m0/s1. The van der Waals surface area contributed by atoms with Crippen molar-refractivity contribution in [3.8, 4) is 11.4 Å². The summed E-state index contributed by atoms with van der Waals surface area (Å²) in [5, 5.41) is 17.3. The molecule has 0 radical (unpaired) electrons. The molecule has 1 saturated heterocycles. The Morgan fingerprint density at radius 2 is 1.90 bits per heavy atom. The van der Waals surface area contributed by atoms with Gasteiger partial charge in [-0.05, 0) is 74.9 Å². The molecule has 2 N–H and O–H groups in total. The van der Waals surface area contributed by atoms with E-state index in [4.69, 9.17) is 15.1 Å². The summed E-state index contributed by atoms with van der Waals surface area (Å²) in [6.07, 6.45) is 11.4. The van der Waals surface area contributed by atoms with Crippen LogP contribution in [0.5, 0.6) is 0 Å². The highest BCUT2D eigenvalue weighted by molar-refractivity contribution is 5.84. The lowest BCUT2D eigenvalue weighted by atomic mass is 9.97. The average Bonchev–Trinajstić information content (AvgIpc) is 3.70. The lowest BCUT2D eigenvalue weighted by Crippen LogP contribution is -2.33. The van der Waals surface area contributed by atoms with Gasteiger partial charge in [0.25, 0.3) is 0 Å². The first-order valence-corrected chi connectivity index (χ1v) is 15.7.